The highest BCUT2D eigenvalue weighted by Crippen LogP contribution is 2.30. The van der Waals surface area contributed by atoms with Gasteiger partial charge in [-0.25, -0.2) is 9.97 Å². The number of hydrogen-bond acceptors (Lipinski definition) is 6. The first-order chi connectivity index (χ1) is 18.6. The average molecular weight is 499 g/mol. The summed E-state index contributed by atoms with van der Waals surface area (Å²) < 4.78 is 12.2. The standard InChI is InChI=1S/C32H26N4O2/c1-21-13-16-27(19-22(21)2)37-26-17-14-23(15-18-26)20-33-30-28-31(35-29(34-30)24-9-5-3-6-10-24)36-32(38-28)25-11-7-4-8-12-25/h3-19H,20H2,1-2H3,(H,33,34,35). The van der Waals surface area contributed by atoms with Crippen molar-refractivity contribution >= 4 is 17.0 Å². The normalized spacial score (nSPS) is 11.0. The van der Waals surface area contributed by atoms with Crippen LogP contribution >= 0.6 is 0 Å². The van der Waals surface area contributed by atoms with E-state index < -0.39 is 0 Å². The highest BCUT2D eigenvalue weighted by molar-refractivity contribution is 5.84. The third-order valence-corrected chi connectivity index (χ3v) is 6.40. The number of nitrogens with one attached hydrogen (secondary N) is 1. The third kappa shape index (κ3) is 4.97. The van der Waals surface area contributed by atoms with Crippen molar-refractivity contribution < 1.29 is 9.15 Å². The maximum atomic E-state index is 6.15. The van der Waals surface area contributed by atoms with Crippen LogP contribution in [0.3, 0.4) is 0 Å². The van der Waals surface area contributed by atoms with E-state index in [1.54, 1.807) is 0 Å². The number of benzene rings is 4. The maximum absolute atomic E-state index is 6.15. The van der Waals surface area contributed by atoms with Crippen LogP contribution in [0.15, 0.2) is 108 Å². The van der Waals surface area contributed by atoms with Crippen LogP contribution in [0.2, 0.25) is 0 Å². The molecule has 0 fully saturated rings. The number of ether oxygens (including phenoxy) is 1. The van der Waals surface area contributed by atoms with E-state index in [0.717, 1.165) is 28.2 Å². The first-order valence-corrected chi connectivity index (χ1v) is 12.5. The van der Waals surface area contributed by atoms with Crippen molar-refractivity contribution in [1.29, 1.82) is 0 Å². The summed E-state index contributed by atoms with van der Waals surface area (Å²) in [5.41, 5.74) is 6.36. The fraction of sp³-hybridized carbons (Fsp3) is 0.0938. The first kappa shape index (κ1) is 23.4. The Morgan fingerprint density at radius 3 is 2.08 bits per heavy atom. The molecule has 0 aliphatic rings. The lowest BCUT2D eigenvalue weighted by Gasteiger charge is -2.10. The zero-order chi connectivity index (χ0) is 25.9. The monoisotopic (exact) mass is 498 g/mol. The maximum Gasteiger partial charge on any atom is 0.229 e. The molecule has 0 atom stereocenters. The van der Waals surface area contributed by atoms with Gasteiger partial charge >= 0.3 is 0 Å². The highest BCUT2D eigenvalue weighted by atomic mass is 16.5. The van der Waals surface area contributed by atoms with Gasteiger partial charge in [0.05, 0.1) is 0 Å². The van der Waals surface area contributed by atoms with Crippen LogP contribution in [-0.4, -0.2) is 15.0 Å². The molecule has 0 spiro atoms. The Hall–Kier alpha value is -4.97. The van der Waals surface area contributed by atoms with Gasteiger partial charge in [-0.05, 0) is 66.9 Å². The second-order valence-electron chi connectivity index (χ2n) is 9.15. The van der Waals surface area contributed by atoms with Crippen molar-refractivity contribution in [3.63, 3.8) is 0 Å². The number of aromatic nitrogens is 3. The van der Waals surface area contributed by atoms with Crippen LogP contribution in [-0.2, 0) is 6.54 Å². The lowest BCUT2D eigenvalue weighted by atomic mass is 10.1. The van der Waals surface area contributed by atoms with Crippen LogP contribution in [0.1, 0.15) is 16.7 Å². The van der Waals surface area contributed by atoms with E-state index >= 15 is 0 Å². The lowest BCUT2D eigenvalue weighted by Crippen LogP contribution is -2.04. The van der Waals surface area contributed by atoms with Gasteiger partial charge in [0, 0.05) is 17.7 Å². The summed E-state index contributed by atoms with van der Waals surface area (Å²) in [4.78, 5) is 14.2. The van der Waals surface area contributed by atoms with Gasteiger partial charge in [0.15, 0.2) is 11.6 Å². The summed E-state index contributed by atoms with van der Waals surface area (Å²) >= 11 is 0. The van der Waals surface area contributed by atoms with Crippen LogP contribution in [0, 0.1) is 13.8 Å². The minimum absolute atomic E-state index is 0.510. The molecular weight excluding hydrogens is 472 g/mol. The fourth-order valence-corrected chi connectivity index (χ4v) is 4.14. The van der Waals surface area contributed by atoms with Gasteiger partial charge in [-0.3, -0.25) is 0 Å². The molecule has 6 rings (SSSR count). The molecule has 0 radical (unpaired) electrons. The Morgan fingerprint density at radius 2 is 1.37 bits per heavy atom. The zero-order valence-electron chi connectivity index (χ0n) is 21.2. The Labute approximate surface area is 221 Å². The number of oxazole rings is 1. The van der Waals surface area contributed by atoms with Gasteiger partial charge in [-0.15, -0.1) is 0 Å². The van der Waals surface area contributed by atoms with Crippen molar-refractivity contribution in [2.45, 2.75) is 20.4 Å². The van der Waals surface area contributed by atoms with Gasteiger partial charge in [0.2, 0.25) is 17.1 Å². The molecule has 0 saturated heterocycles. The van der Waals surface area contributed by atoms with Crippen LogP contribution in [0.5, 0.6) is 11.5 Å². The minimum atomic E-state index is 0.510. The highest BCUT2D eigenvalue weighted by Gasteiger charge is 2.17. The molecule has 2 heterocycles. The van der Waals surface area contributed by atoms with Crippen LogP contribution in [0.25, 0.3) is 34.1 Å². The summed E-state index contributed by atoms with van der Waals surface area (Å²) in [5.74, 6) is 3.31. The molecule has 0 bridgehead atoms. The summed E-state index contributed by atoms with van der Waals surface area (Å²) in [6, 6.07) is 33.8. The SMILES string of the molecule is Cc1ccc(Oc2ccc(CNc3nc(-c4ccccc4)nc4nc(-c5ccccc5)oc34)cc2)cc1C. The molecule has 186 valence electrons. The van der Waals surface area contributed by atoms with Crippen molar-refractivity contribution in [2.24, 2.45) is 0 Å². The molecule has 4 aromatic carbocycles. The Bertz CT molecular complexity index is 1700. The van der Waals surface area contributed by atoms with E-state index in [4.69, 9.17) is 19.1 Å². The fourth-order valence-electron chi connectivity index (χ4n) is 4.14. The summed E-state index contributed by atoms with van der Waals surface area (Å²) in [5, 5.41) is 3.44. The largest absolute Gasteiger partial charge is 0.457 e. The molecule has 0 amide bonds. The van der Waals surface area contributed by atoms with Gasteiger partial charge in [-0.2, -0.15) is 4.98 Å². The Kier molecular flexibility index (Phi) is 6.28. The number of nitrogens with zero attached hydrogens (tertiary/aromatic N) is 3. The van der Waals surface area contributed by atoms with E-state index in [2.05, 4.69) is 36.3 Å². The molecule has 38 heavy (non-hydrogen) atoms. The lowest BCUT2D eigenvalue weighted by molar-refractivity contribution is 0.482. The quantitative estimate of drug-likeness (QED) is 0.241. The third-order valence-electron chi connectivity index (χ3n) is 6.40. The summed E-state index contributed by atoms with van der Waals surface area (Å²) in [6.45, 7) is 4.73. The van der Waals surface area contributed by atoms with E-state index in [0.29, 0.717) is 35.3 Å². The number of aryl methyl sites for hydroxylation is 2. The number of anilines is 1. The average Bonchev–Trinajstić information content (AvgIpc) is 3.40. The molecule has 6 heteroatoms. The van der Waals surface area contributed by atoms with Crippen molar-refractivity contribution in [3.8, 4) is 34.3 Å². The topological polar surface area (TPSA) is 73.1 Å². The second kappa shape index (κ2) is 10.2. The zero-order valence-corrected chi connectivity index (χ0v) is 21.2. The predicted molar refractivity (Wildman–Crippen MR) is 150 cm³/mol. The molecule has 0 saturated carbocycles. The number of rotatable bonds is 7. The molecule has 0 unspecified atom stereocenters. The molecule has 0 aliphatic heterocycles. The van der Waals surface area contributed by atoms with Crippen molar-refractivity contribution in [2.75, 3.05) is 5.32 Å². The molecule has 6 aromatic rings. The number of fused-ring (bicyclic) bond motifs is 1. The molecular formula is C32H26N4O2. The second-order valence-corrected chi connectivity index (χ2v) is 9.15. The van der Waals surface area contributed by atoms with Gasteiger partial charge in [0.25, 0.3) is 0 Å². The van der Waals surface area contributed by atoms with E-state index in [-0.39, 0.29) is 0 Å². The predicted octanol–water partition coefficient (Wildman–Crippen LogP) is 7.97. The van der Waals surface area contributed by atoms with Crippen molar-refractivity contribution in [1.82, 2.24) is 15.0 Å². The van der Waals surface area contributed by atoms with E-state index in [1.807, 2.05) is 91.0 Å². The smallest absolute Gasteiger partial charge is 0.229 e. The Morgan fingerprint density at radius 1 is 0.684 bits per heavy atom. The molecule has 6 nitrogen and oxygen atoms in total. The van der Waals surface area contributed by atoms with Gasteiger partial charge in [0.1, 0.15) is 11.5 Å². The molecule has 1 N–H and O–H groups in total. The molecule has 0 aliphatic carbocycles. The number of hydrogen-bond donors (Lipinski definition) is 1. The first-order valence-electron chi connectivity index (χ1n) is 12.5. The minimum Gasteiger partial charge on any atom is -0.457 e. The van der Waals surface area contributed by atoms with Crippen molar-refractivity contribution in [3.05, 3.63) is 120 Å². The van der Waals surface area contributed by atoms with E-state index in [1.165, 1.54) is 11.1 Å². The van der Waals surface area contributed by atoms with Gasteiger partial charge in [-0.1, -0.05) is 66.7 Å². The van der Waals surface area contributed by atoms with Crippen LogP contribution < -0.4 is 10.1 Å². The summed E-state index contributed by atoms with van der Waals surface area (Å²) in [6.07, 6.45) is 0. The van der Waals surface area contributed by atoms with E-state index in [9.17, 15) is 0 Å². The Balaban J connectivity index is 1.27. The van der Waals surface area contributed by atoms with Crippen LogP contribution in [0.4, 0.5) is 5.82 Å². The van der Waals surface area contributed by atoms with Gasteiger partial charge < -0.3 is 14.5 Å². The molecule has 2 aromatic heterocycles. The summed E-state index contributed by atoms with van der Waals surface area (Å²) in [7, 11) is 0.